The summed E-state index contributed by atoms with van der Waals surface area (Å²) < 4.78 is 10.7. The number of para-hydroxylation sites is 1. The van der Waals surface area contributed by atoms with Crippen molar-refractivity contribution in [3.63, 3.8) is 0 Å². The van der Waals surface area contributed by atoms with E-state index in [2.05, 4.69) is 15.8 Å². The lowest BCUT2D eigenvalue weighted by Gasteiger charge is -2.23. The number of nitrogens with one attached hydrogen (secondary N) is 2. The fraction of sp³-hybridized carbons (Fsp3) is 0.375. The lowest BCUT2D eigenvalue weighted by Crippen LogP contribution is -2.42. The normalized spacial score (nSPS) is 14.6. The SMILES string of the molecule is Cl.O=C(NC1CCNCC1)c1cc(COc2c(Cl)cccc2Cl)on1. The van der Waals surface area contributed by atoms with Gasteiger partial charge >= 0.3 is 0 Å². The molecule has 0 aliphatic carbocycles. The Morgan fingerprint density at radius 1 is 1.32 bits per heavy atom. The fourth-order valence-electron chi connectivity index (χ4n) is 2.48. The summed E-state index contributed by atoms with van der Waals surface area (Å²) in [6.07, 6.45) is 1.81. The quantitative estimate of drug-likeness (QED) is 0.795. The zero-order chi connectivity index (χ0) is 16.9. The van der Waals surface area contributed by atoms with Crippen LogP contribution in [0.2, 0.25) is 10.0 Å². The zero-order valence-corrected chi connectivity index (χ0v) is 15.6. The zero-order valence-electron chi connectivity index (χ0n) is 13.3. The molecule has 0 saturated carbocycles. The van der Waals surface area contributed by atoms with Crippen LogP contribution in [0.1, 0.15) is 29.1 Å². The maximum Gasteiger partial charge on any atom is 0.273 e. The van der Waals surface area contributed by atoms with Crippen LogP contribution in [0.15, 0.2) is 28.8 Å². The fourth-order valence-corrected chi connectivity index (χ4v) is 2.98. The van der Waals surface area contributed by atoms with E-state index >= 15 is 0 Å². The lowest BCUT2D eigenvalue weighted by molar-refractivity contribution is 0.0920. The number of aromatic nitrogens is 1. The number of halogens is 3. The predicted octanol–water partition coefficient (Wildman–Crippen LogP) is 3.46. The average Bonchev–Trinajstić information content (AvgIpc) is 3.04. The van der Waals surface area contributed by atoms with Crippen molar-refractivity contribution in [2.45, 2.75) is 25.5 Å². The van der Waals surface area contributed by atoms with Crippen molar-refractivity contribution in [1.29, 1.82) is 0 Å². The highest BCUT2D eigenvalue weighted by Crippen LogP contribution is 2.32. The summed E-state index contributed by atoms with van der Waals surface area (Å²) in [5.41, 5.74) is 0.234. The van der Waals surface area contributed by atoms with Crippen molar-refractivity contribution in [3.05, 3.63) is 45.8 Å². The van der Waals surface area contributed by atoms with Gasteiger partial charge in [-0.15, -0.1) is 12.4 Å². The van der Waals surface area contributed by atoms with E-state index < -0.39 is 0 Å². The topological polar surface area (TPSA) is 76.4 Å². The minimum absolute atomic E-state index is 0. The molecule has 0 bridgehead atoms. The first-order valence-corrected chi connectivity index (χ1v) is 8.43. The number of rotatable bonds is 5. The Morgan fingerprint density at radius 3 is 2.68 bits per heavy atom. The molecule has 2 aromatic rings. The van der Waals surface area contributed by atoms with Crippen LogP contribution in [-0.4, -0.2) is 30.2 Å². The highest BCUT2D eigenvalue weighted by atomic mass is 35.5. The highest BCUT2D eigenvalue weighted by molar-refractivity contribution is 6.37. The van der Waals surface area contributed by atoms with E-state index in [1.54, 1.807) is 24.3 Å². The molecule has 2 heterocycles. The first-order valence-electron chi connectivity index (χ1n) is 7.67. The van der Waals surface area contributed by atoms with Gasteiger partial charge < -0.3 is 19.9 Å². The van der Waals surface area contributed by atoms with E-state index in [4.69, 9.17) is 32.5 Å². The molecule has 1 aromatic carbocycles. The van der Waals surface area contributed by atoms with Gasteiger partial charge in [-0.25, -0.2) is 0 Å². The highest BCUT2D eigenvalue weighted by Gasteiger charge is 2.19. The Hall–Kier alpha value is -1.47. The molecule has 0 unspecified atom stereocenters. The van der Waals surface area contributed by atoms with Crippen molar-refractivity contribution >= 4 is 41.5 Å². The predicted molar refractivity (Wildman–Crippen MR) is 97.9 cm³/mol. The third-order valence-corrected chi connectivity index (χ3v) is 4.34. The first kappa shape index (κ1) is 19.8. The second kappa shape index (κ2) is 9.29. The van der Waals surface area contributed by atoms with Crippen molar-refractivity contribution in [1.82, 2.24) is 15.8 Å². The maximum absolute atomic E-state index is 12.2. The van der Waals surface area contributed by atoms with Gasteiger partial charge in [0, 0.05) is 12.1 Å². The summed E-state index contributed by atoms with van der Waals surface area (Å²) in [4.78, 5) is 12.2. The molecule has 1 aliphatic rings. The number of piperidine rings is 1. The third-order valence-electron chi connectivity index (χ3n) is 3.74. The van der Waals surface area contributed by atoms with Crippen LogP contribution < -0.4 is 15.4 Å². The monoisotopic (exact) mass is 405 g/mol. The molecule has 136 valence electrons. The molecule has 1 amide bonds. The van der Waals surface area contributed by atoms with Crippen molar-refractivity contribution < 1.29 is 14.1 Å². The molecule has 6 nitrogen and oxygen atoms in total. The van der Waals surface area contributed by atoms with E-state index in [1.807, 2.05) is 0 Å². The van der Waals surface area contributed by atoms with Crippen LogP contribution in [0.3, 0.4) is 0 Å². The van der Waals surface area contributed by atoms with Gasteiger partial charge in [0.05, 0.1) is 10.0 Å². The molecule has 9 heteroatoms. The van der Waals surface area contributed by atoms with Gasteiger partial charge in [-0.2, -0.15) is 0 Å². The summed E-state index contributed by atoms with van der Waals surface area (Å²) in [5, 5.41) is 10.8. The maximum atomic E-state index is 12.2. The number of carbonyl (C=O) groups excluding carboxylic acids is 1. The number of hydrogen-bond donors (Lipinski definition) is 2. The molecule has 25 heavy (non-hydrogen) atoms. The van der Waals surface area contributed by atoms with Crippen LogP contribution in [-0.2, 0) is 6.61 Å². The molecule has 2 N–H and O–H groups in total. The van der Waals surface area contributed by atoms with E-state index in [-0.39, 0.29) is 36.7 Å². The lowest BCUT2D eigenvalue weighted by atomic mass is 10.1. The second-order valence-corrected chi connectivity index (χ2v) is 6.33. The molecule has 1 fully saturated rings. The number of benzene rings is 1. The summed E-state index contributed by atoms with van der Waals surface area (Å²) in [7, 11) is 0. The van der Waals surface area contributed by atoms with E-state index in [1.165, 1.54) is 0 Å². The summed E-state index contributed by atoms with van der Waals surface area (Å²) in [5.74, 6) is 0.548. The van der Waals surface area contributed by atoms with Crippen LogP contribution in [0.5, 0.6) is 5.75 Å². The van der Waals surface area contributed by atoms with Crippen LogP contribution in [0.4, 0.5) is 0 Å². The number of nitrogens with zero attached hydrogens (tertiary/aromatic N) is 1. The smallest absolute Gasteiger partial charge is 0.273 e. The molecule has 1 aromatic heterocycles. The summed E-state index contributed by atoms with van der Waals surface area (Å²) >= 11 is 12.1. The van der Waals surface area contributed by atoms with E-state index in [0.29, 0.717) is 21.6 Å². The Labute approximate surface area is 161 Å². The van der Waals surface area contributed by atoms with Gasteiger partial charge in [0.2, 0.25) is 0 Å². The molecule has 0 radical (unpaired) electrons. The Morgan fingerprint density at radius 2 is 2.00 bits per heavy atom. The minimum Gasteiger partial charge on any atom is -0.482 e. The largest absolute Gasteiger partial charge is 0.482 e. The van der Waals surface area contributed by atoms with Gasteiger partial charge in [-0.3, -0.25) is 4.79 Å². The minimum atomic E-state index is -0.243. The Kier molecular flexibility index (Phi) is 7.38. The van der Waals surface area contributed by atoms with Gasteiger partial charge in [-0.1, -0.05) is 34.4 Å². The molecule has 1 aliphatic heterocycles. The number of hydrogen-bond acceptors (Lipinski definition) is 5. The van der Waals surface area contributed by atoms with Gasteiger partial charge in [0.15, 0.2) is 17.2 Å². The van der Waals surface area contributed by atoms with Gasteiger partial charge in [-0.05, 0) is 38.1 Å². The Balaban J connectivity index is 0.00000225. The Bertz CT molecular complexity index is 697. The van der Waals surface area contributed by atoms with Crippen LogP contribution >= 0.6 is 35.6 Å². The standard InChI is InChI=1S/C16H17Cl2N3O3.ClH/c17-12-2-1-3-13(18)15(12)23-9-11-8-14(21-24-11)16(22)20-10-4-6-19-7-5-10;/h1-3,8,10,19H,4-7,9H2,(H,20,22);1H. The second-order valence-electron chi connectivity index (χ2n) is 5.52. The summed E-state index contributed by atoms with van der Waals surface area (Å²) in [6.45, 7) is 1.89. The molecule has 0 spiro atoms. The molecule has 0 atom stereocenters. The summed E-state index contributed by atoms with van der Waals surface area (Å²) in [6, 6.07) is 6.82. The third kappa shape index (κ3) is 5.25. The average molecular weight is 407 g/mol. The van der Waals surface area contributed by atoms with Gasteiger partial charge in [0.1, 0.15) is 6.61 Å². The number of amides is 1. The van der Waals surface area contributed by atoms with Gasteiger partial charge in [0.25, 0.3) is 5.91 Å². The molecule has 1 saturated heterocycles. The first-order chi connectivity index (χ1) is 11.6. The van der Waals surface area contributed by atoms with Crippen molar-refractivity contribution in [2.24, 2.45) is 0 Å². The van der Waals surface area contributed by atoms with Crippen molar-refractivity contribution in [2.75, 3.05) is 13.1 Å². The molecule has 3 rings (SSSR count). The number of carbonyl (C=O) groups is 1. The van der Waals surface area contributed by atoms with Crippen LogP contribution in [0, 0.1) is 0 Å². The molecular formula is C16H18Cl3N3O3. The number of ether oxygens (including phenoxy) is 1. The van der Waals surface area contributed by atoms with Crippen molar-refractivity contribution in [3.8, 4) is 5.75 Å². The van der Waals surface area contributed by atoms with E-state index in [9.17, 15) is 4.79 Å². The molecular weight excluding hydrogens is 389 g/mol. The van der Waals surface area contributed by atoms with E-state index in [0.717, 1.165) is 25.9 Å². The van der Waals surface area contributed by atoms with Crippen LogP contribution in [0.25, 0.3) is 0 Å².